The van der Waals surface area contributed by atoms with E-state index in [0.717, 1.165) is 25.7 Å². The lowest BCUT2D eigenvalue weighted by atomic mass is 9.96. The van der Waals surface area contributed by atoms with Gasteiger partial charge in [-0.05, 0) is 12.8 Å². The van der Waals surface area contributed by atoms with Gasteiger partial charge in [-0.2, -0.15) is 0 Å². The molecule has 0 amide bonds. The average molecular weight is 216 g/mol. The van der Waals surface area contributed by atoms with Crippen molar-refractivity contribution in [3.8, 4) is 0 Å². The van der Waals surface area contributed by atoms with Crippen molar-refractivity contribution in [2.75, 3.05) is 0 Å². The summed E-state index contributed by atoms with van der Waals surface area (Å²) < 4.78 is 0. The first-order chi connectivity index (χ1) is 7.22. The topological polar surface area (TPSA) is 60.7 Å². The van der Waals surface area contributed by atoms with Crippen LogP contribution in [0.4, 0.5) is 0 Å². The standard InChI is InChI=1S/C12H24O3/c13-10-8-6-4-2-1-3-5-7-9-11(14)12(10)15/h10-15H,1-9H2. The Labute approximate surface area is 92.1 Å². The predicted molar refractivity (Wildman–Crippen MR) is 59.6 cm³/mol. The van der Waals surface area contributed by atoms with Gasteiger partial charge < -0.3 is 15.3 Å². The molecule has 15 heavy (non-hydrogen) atoms. The molecule has 1 rings (SSSR count). The molecule has 3 heteroatoms. The summed E-state index contributed by atoms with van der Waals surface area (Å²) >= 11 is 0. The number of hydrogen-bond acceptors (Lipinski definition) is 3. The summed E-state index contributed by atoms with van der Waals surface area (Å²) in [7, 11) is 0. The van der Waals surface area contributed by atoms with Gasteiger partial charge in [0.2, 0.25) is 0 Å². The van der Waals surface area contributed by atoms with Crippen LogP contribution in [0.25, 0.3) is 0 Å². The SMILES string of the molecule is OC1CCCCCCCCCC(O)C1O. The summed E-state index contributed by atoms with van der Waals surface area (Å²) in [6.07, 6.45) is 6.63. The second-order valence-electron chi connectivity index (χ2n) is 4.68. The number of hydrogen-bond donors (Lipinski definition) is 3. The third-order valence-corrected chi connectivity index (χ3v) is 3.29. The first-order valence-corrected chi connectivity index (χ1v) is 6.26. The molecule has 2 unspecified atom stereocenters. The van der Waals surface area contributed by atoms with Crippen molar-refractivity contribution in [2.45, 2.75) is 76.1 Å². The van der Waals surface area contributed by atoms with Crippen molar-refractivity contribution in [1.29, 1.82) is 0 Å². The van der Waals surface area contributed by atoms with Gasteiger partial charge in [-0.25, -0.2) is 0 Å². The fraction of sp³-hybridized carbons (Fsp3) is 1.00. The van der Waals surface area contributed by atoms with E-state index in [1.807, 2.05) is 0 Å². The summed E-state index contributed by atoms with van der Waals surface area (Å²) in [5.41, 5.74) is 0. The maximum absolute atomic E-state index is 9.63. The Bertz CT molecular complexity index is 145. The van der Waals surface area contributed by atoms with Crippen molar-refractivity contribution in [2.24, 2.45) is 0 Å². The van der Waals surface area contributed by atoms with Gasteiger partial charge in [-0.15, -0.1) is 0 Å². The van der Waals surface area contributed by atoms with Gasteiger partial charge in [0.15, 0.2) is 0 Å². The monoisotopic (exact) mass is 216 g/mol. The van der Waals surface area contributed by atoms with Crippen LogP contribution in [0, 0.1) is 0 Å². The molecule has 0 saturated heterocycles. The molecule has 3 N–H and O–H groups in total. The molecule has 0 heterocycles. The zero-order chi connectivity index (χ0) is 11.1. The summed E-state index contributed by atoms with van der Waals surface area (Å²) in [4.78, 5) is 0. The normalized spacial score (nSPS) is 36.6. The van der Waals surface area contributed by atoms with Crippen LogP contribution in [0.5, 0.6) is 0 Å². The summed E-state index contributed by atoms with van der Waals surface area (Å²) in [6, 6.07) is 0. The molecule has 0 aromatic rings. The first-order valence-electron chi connectivity index (χ1n) is 6.26. The molecule has 0 radical (unpaired) electrons. The number of aliphatic hydroxyl groups excluding tert-OH is 3. The fourth-order valence-electron chi connectivity index (χ4n) is 2.19. The highest BCUT2D eigenvalue weighted by atomic mass is 16.4. The number of rotatable bonds is 0. The van der Waals surface area contributed by atoms with Crippen molar-refractivity contribution in [3.63, 3.8) is 0 Å². The third kappa shape index (κ3) is 4.96. The molecular weight excluding hydrogens is 192 g/mol. The summed E-state index contributed by atoms with van der Waals surface area (Å²) in [6.45, 7) is 0. The molecule has 1 fully saturated rings. The fourth-order valence-corrected chi connectivity index (χ4v) is 2.19. The van der Waals surface area contributed by atoms with Gasteiger partial charge in [0, 0.05) is 0 Å². The second kappa shape index (κ2) is 7.20. The highest BCUT2D eigenvalue weighted by molar-refractivity contribution is 4.75. The first kappa shape index (κ1) is 12.9. The van der Waals surface area contributed by atoms with Gasteiger partial charge in [0.25, 0.3) is 0 Å². The van der Waals surface area contributed by atoms with Crippen molar-refractivity contribution in [1.82, 2.24) is 0 Å². The Hall–Kier alpha value is -0.120. The third-order valence-electron chi connectivity index (χ3n) is 3.29. The van der Waals surface area contributed by atoms with E-state index in [2.05, 4.69) is 0 Å². The number of aliphatic hydroxyl groups is 3. The van der Waals surface area contributed by atoms with E-state index in [-0.39, 0.29) is 0 Å². The molecule has 0 aliphatic heterocycles. The molecule has 0 aromatic heterocycles. The Kier molecular flexibility index (Phi) is 6.22. The zero-order valence-corrected chi connectivity index (χ0v) is 9.44. The van der Waals surface area contributed by atoms with Crippen molar-refractivity contribution < 1.29 is 15.3 Å². The van der Waals surface area contributed by atoms with E-state index in [9.17, 15) is 15.3 Å². The van der Waals surface area contributed by atoms with Gasteiger partial charge in [-0.3, -0.25) is 0 Å². The van der Waals surface area contributed by atoms with Crippen LogP contribution in [0.15, 0.2) is 0 Å². The molecule has 2 atom stereocenters. The lowest BCUT2D eigenvalue weighted by molar-refractivity contribution is -0.0655. The van der Waals surface area contributed by atoms with Crippen LogP contribution in [-0.4, -0.2) is 33.6 Å². The minimum atomic E-state index is -0.954. The van der Waals surface area contributed by atoms with Crippen LogP contribution >= 0.6 is 0 Å². The zero-order valence-electron chi connectivity index (χ0n) is 9.44. The van der Waals surface area contributed by atoms with Crippen molar-refractivity contribution >= 4 is 0 Å². The maximum atomic E-state index is 9.63. The molecule has 90 valence electrons. The molecule has 0 bridgehead atoms. The van der Waals surface area contributed by atoms with Crippen molar-refractivity contribution in [3.05, 3.63) is 0 Å². The molecule has 1 saturated carbocycles. The Morgan fingerprint density at radius 2 is 0.867 bits per heavy atom. The van der Waals surface area contributed by atoms with E-state index in [1.165, 1.54) is 19.3 Å². The Balaban J connectivity index is 2.36. The quantitative estimate of drug-likeness (QED) is 0.576. The van der Waals surface area contributed by atoms with Gasteiger partial charge in [0.05, 0.1) is 12.2 Å². The molecule has 0 aromatic carbocycles. The molecule has 3 nitrogen and oxygen atoms in total. The van der Waals surface area contributed by atoms with Crippen LogP contribution < -0.4 is 0 Å². The lowest BCUT2D eigenvalue weighted by Gasteiger charge is -2.23. The van der Waals surface area contributed by atoms with E-state index in [1.54, 1.807) is 0 Å². The lowest BCUT2D eigenvalue weighted by Crippen LogP contribution is -2.37. The van der Waals surface area contributed by atoms with Crippen LogP contribution in [0.2, 0.25) is 0 Å². The predicted octanol–water partition coefficient (Wildman–Crippen LogP) is 1.59. The average Bonchev–Trinajstić information content (AvgIpc) is 2.23. The van der Waals surface area contributed by atoms with Crippen LogP contribution in [0.3, 0.4) is 0 Å². The molecule has 0 spiro atoms. The van der Waals surface area contributed by atoms with Gasteiger partial charge in [0.1, 0.15) is 6.10 Å². The molecular formula is C12H24O3. The summed E-state index contributed by atoms with van der Waals surface area (Å²) in [5.74, 6) is 0. The highest BCUT2D eigenvalue weighted by Crippen LogP contribution is 2.17. The van der Waals surface area contributed by atoms with Crippen LogP contribution in [0.1, 0.15) is 57.8 Å². The summed E-state index contributed by atoms with van der Waals surface area (Å²) in [5, 5.41) is 28.9. The van der Waals surface area contributed by atoms with E-state index in [0.29, 0.717) is 12.8 Å². The van der Waals surface area contributed by atoms with E-state index in [4.69, 9.17) is 0 Å². The minimum Gasteiger partial charge on any atom is -0.390 e. The smallest absolute Gasteiger partial charge is 0.106 e. The molecule has 1 aliphatic carbocycles. The molecule has 1 aliphatic rings. The van der Waals surface area contributed by atoms with E-state index >= 15 is 0 Å². The van der Waals surface area contributed by atoms with E-state index < -0.39 is 18.3 Å². The Morgan fingerprint density at radius 3 is 1.27 bits per heavy atom. The maximum Gasteiger partial charge on any atom is 0.106 e. The highest BCUT2D eigenvalue weighted by Gasteiger charge is 2.23. The van der Waals surface area contributed by atoms with Gasteiger partial charge >= 0.3 is 0 Å². The van der Waals surface area contributed by atoms with Gasteiger partial charge in [-0.1, -0.05) is 44.9 Å². The second-order valence-corrected chi connectivity index (χ2v) is 4.68. The Morgan fingerprint density at radius 1 is 0.533 bits per heavy atom. The van der Waals surface area contributed by atoms with Crippen LogP contribution in [-0.2, 0) is 0 Å². The minimum absolute atomic E-state index is 0.609. The largest absolute Gasteiger partial charge is 0.390 e.